The summed E-state index contributed by atoms with van der Waals surface area (Å²) in [6.07, 6.45) is 2.08. The number of amides is 1. The fraction of sp³-hybridized carbons (Fsp3) is 0.375. The lowest BCUT2D eigenvalue weighted by atomic mass is 9.68. The van der Waals surface area contributed by atoms with E-state index in [0.29, 0.717) is 18.0 Å². The van der Waals surface area contributed by atoms with Gasteiger partial charge in [-0.15, -0.1) is 0 Å². The van der Waals surface area contributed by atoms with Crippen LogP contribution in [0, 0.1) is 12.8 Å². The number of aliphatic hydroxyl groups is 1. The number of aromatic nitrogens is 1. The van der Waals surface area contributed by atoms with Crippen molar-refractivity contribution in [1.29, 1.82) is 0 Å². The number of aliphatic hydroxyl groups excluding tert-OH is 1. The van der Waals surface area contributed by atoms with Gasteiger partial charge in [0.15, 0.2) is 0 Å². The number of hydrogen-bond acceptors (Lipinski definition) is 2. The van der Waals surface area contributed by atoms with Crippen LogP contribution in [0.5, 0.6) is 0 Å². The number of aryl methyl sites for hydroxylation is 1. The highest BCUT2D eigenvalue weighted by Gasteiger charge is 2.34. The van der Waals surface area contributed by atoms with E-state index in [-0.39, 0.29) is 17.9 Å². The highest BCUT2D eigenvalue weighted by Crippen LogP contribution is 2.42. The number of hydrogen-bond donors (Lipinski definition) is 2. The van der Waals surface area contributed by atoms with Gasteiger partial charge in [0, 0.05) is 41.7 Å². The Morgan fingerprint density at radius 2 is 1.86 bits per heavy atom. The molecule has 2 aromatic carbocycles. The SMILES string of the molecule is Cc1ccc(C(C)(c2c[nH]c3cc(C(=O)N(C)CCO)ccc23)C(C)C)cc1. The number of carbonyl (C=O) groups excluding carboxylic acids is 1. The van der Waals surface area contributed by atoms with E-state index < -0.39 is 0 Å². The second kappa shape index (κ2) is 7.80. The molecule has 0 fully saturated rings. The summed E-state index contributed by atoms with van der Waals surface area (Å²) >= 11 is 0. The van der Waals surface area contributed by atoms with Crippen LogP contribution < -0.4 is 0 Å². The van der Waals surface area contributed by atoms with E-state index in [4.69, 9.17) is 5.11 Å². The summed E-state index contributed by atoms with van der Waals surface area (Å²) in [6.45, 7) is 9.18. The van der Waals surface area contributed by atoms with E-state index >= 15 is 0 Å². The lowest BCUT2D eigenvalue weighted by Gasteiger charge is -2.35. The van der Waals surface area contributed by atoms with Crippen molar-refractivity contribution in [2.45, 2.75) is 33.1 Å². The summed E-state index contributed by atoms with van der Waals surface area (Å²) in [6, 6.07) is 14.6. The van der Waals surface area contributed by atoms with Crippen LogP contribution >= 0.6 is 0 Å². The molecule has 0 aliphatic heterocycles. The summed E-state index contributed by atoms with van der Waals surface area (Å²) < 4.78 is 0. The van der Waals surface area contributed by atoms with E-state index in [1.54, 1.807) is 7.05 Å². The number of rotatable bonds is 6. The van der Waals surface area contributed by atoms with Gasteiger partial charge >= 0.3 is 0 Å². The van der Waals surface area contributed by atoms with Crippen molar-refractivity contribution < 1.29 is 9.90 Å². The normalized spacial score (nSPS) is 13.7. The zero-order valence-electron chi connectivity index (χ0n) is 17.4. The Bertz CT molecular complexity index is 972. The summed E-state index contributed by atoms with van der Waals surface area (Å²) in [5, 5.41) is 10.2. The molecule has 3 aromatic rings. The predicted molar refractivity (Wildman–Crippen MR) is 115 cm³/mol. The lowest BCUT2D eigenvalue weighted by Crippen LogP contribution is -2.30. The Labute approximate surface area is 167 Å². The molecule has 0 radical (unpaired) electrons. The first-order valence-corrected chi connectivity index (χ1v) is 9.84. The maximum atomic E-state index is 12.5. The standard InChI is InChI=1S/C24H30N2O2/c1-16(2)24(4,19-9-6-17(3)7-10-19)21-15-25-22-14-18(8-11-20(21)22)23(28)26(5)12-13-27/h6-11,14-16,25,27H,12-13H2,1-5H3. The Morgan fingerprint density at radius 3 is 2.46 bits per heavy atom. The summed E-state index contributed by atoms with van der Waals surface area (Å²) in [5.41, 5.74) is 5.21. The van der Waals surface area contributed by atoms with Crippen molar-refractivity contribution in [3.05, 3.63) is 70.9 Å². The van der Waals surface area contributed by atoms with Crippen molar-refractivity contribution in [2.24, 2.45) is 5.92 Å². The predicted octanol–water partition coefficient (Wildman–Crippen LogP) is 4.50. The summed E-state index contributed by atoms with van der Waals surface area (Å²) in [5.74, 6) is 0.309. The van der Waals surface area contributed by atoms with Gasteiger partial charge in [-0.25, -0.2) is 0 Å². The summed E-state index contributed by atoms with van der Waals surface area (Å²) in [7, 11) is 1.70. The molecule has 3 rings (SSSR count). The minimum absolute atomic E-state index is 0.0412. The Balaban J connectivity index is 2.07. The third-order valence-electron chi connectivity index (χ3n) is 6.08. The maximum Gasteiger partial charge on any atom is 0.253 e. The molecule has 0 spiro atoms. The number of likely N-dealkylation sites (N-methyl/N-ethyl adjacent to an activating group) is 1. The number of carbonyl (C=O) groups is 1. The van der Waals surface area contributed by atoms with Gasteiger partial charge in [0.05, 0.1) is 6.61 Å². The monoisotopic (exact) mass is 378 g/mol. The van der Waals surface area contributed by atoms with Crippen molar-refractivity contribution >= 4 is 16.8 Å². The van der Waals surface area contributed by atoms with Crippen molar-refractivity contribution in [3.63, 3.8) is 0 Å². The first-order valence-electron chi connectivity index (χ1n) is 9.84. The molecule has 4 heteroatoms. The number of nitrogens with one attached hydrogen (secondary N) is 1. The molecule has 4 nitrogen and oxygen atoms in total. The van der Waals surface area contributed by atoms with E-state index in [2.05, 4.69) is 63.1 Å². The van der Waals surface area contributed by atoms with Crippen LogP contribution in [-0.2, 0) is 5.41 Å². The Kier molecular flexibility index (Phi) is 5.61. The molecular weight excluding hydrogens is 348 g/mol. The Hall–Kier alpha value is -2.59. The van der Waals surface area contributed by atoms with Crippen LogP contribution in [-0.4, -0.2) is 41.1 Å². The van der Waals surface area contributed by atoms with Gasteiger partial charge < -0.3 is 15.0 Å². The first-order chi connectivity index (χ1) is 13.3. The van der Waals surface area contributed by atoms with Gasteiger partial charge in [-0.1, -0.05) is 56.7 Å². The smallest absolute Gasteiger partial charge is 0.253 e. The maximum absolute atomic E-state index is 12.5. The highest BCUT2D eigenvalue weighted by atomic mass is 16.3. The minimum atomic E-state index is -0.148. The zero-order chi connectivity index (χ0) is 20.5. The molecule has 1 aromatic heterocycles. The number of nitrogens with zero attached hydrogens (tertiary/aromatic N) is 1. The minimum Gasteiger partial charge on any atom is -0.395 e. The number of H-pyrrole nitrogens is 1. The topological polar surface area (TPSA) is 56.3 Å². The van der Waals surface area contributed by atoms with Gasteiger partial charge in [-0.3, -0.25) is 4.79 Å². The fourth-order valence-electron chi connectivity index (χ4n) is 3.86. The van der Waals surface area contributed by atoms with E-state index in [0.717, 1.165) is 10.9 Å². The molecule has 2 N–H and O–H groups in total. The Morgan fingerprint density at radius 1 is 1.18 bits per heavy atom. The molecule has 1 atom stereocenters. The van der Waals surface area contributed by atoms with E-state index in [1.165, 1.54) is 21.6 Å². The van der Waals surface area contributed by atoms with Crippen molar-refractivity contribution in [3.8, 4) is 0 Å². The van der Waals surface area contributed by atoms with Crippen molar-refractivity contribution in [1.82, 2.24) is 9.88 Å². The molecule has 1 unspecified atom stereocenters. The highest BCUT2D eigenvalue weighted by molar-refractivity contribution is 5.98. The third kappa shape index (κ3) is 3.45. The number of benzene rings is 2. The summed E-state index contributed by atoms with van der Waals surface area (Å²) in [4.78, 5) is 17.5. The van der Waals surface area contributed by atoms with Crippen LogP contribution in [0.1, 0.15) is 47.8 Å². The van der Waals surface area contributed by atoms with Crippen LogP contribution in [0.4, 0.5) is 0 Å². The number of aromatic amines is 1. The van der Waals surface area contributed by atoms with Crippen LogP contribution in [0.25, 0.3) is 10.9 Å². The van der Waals surface area contributed by atoms with Gasteiger partial charge in [-0.2, -0.15) is 0 Å². The van der Waals surface area contributed by atoms with Crippen LogP contribution in [0.2, 0.25) is 0 Å². The molecule has 0 aliphatic rings. The van der Waals surface area contributed by atoms with Gasteiger partial charge in [0.2, 0.25) is 0 Å². The molecular formula is C24H30N2O2. The average Bonchev–Trinajstić information content (AvgIpc) is 3.11. The van der Waals surface area contributed by atoms with E-state index in [1.807, 2.05) is 18.2 Å². The molecule has 148 valence electrons. The molecule has 0 bridgehead atoms. The van der Waals surface area contributed by atoms with Gasteiger partial charge in [-0.05, 0) is 36.1 Å². The lowest BCUT2D eigenvalue weighted by molar-refractivity contribution is 0.0767. The van der Waals surface area contributed by atoms with E-state index in [9.17, 15) is 4.79 Å². The quantitative estimate of drug-likeness (QED) is 0.663. The van der Waals surface area contributed by atoms with Crippen LogP contribution in [0.15, 0.2) is 48.7 Å². The number of fused-ring (bicyclic) bond motifs is 1. The molecule has 1 heterocycles. The average molecular weight is 379 g/mol. The second-order valence-corrected chi connectivity index (χ2v) is 8.14. The molecule has 0 saturated carbocycles. The first kappa shape index (κ1) is 20.2. The van der Waals surface area contributed by atoms with Crippen molar-refractivity contribution in [2.75, 3.05) is 20.2 Å². The van der Waals surface area contributed by atoms with Gasteiger partial charge in [0.1, 0.15) is 0 Å². The second-order valence-electron chi connectivity index (χ2n) is 8.14. The molecule has 0 saturated heterocycles. The third-order valence-corrected chi connectivity index (χ3v) is 6.08. The molecule has 28 heavy (non-hydrogen) atoms. The molecule has 0 aliphatic carbocycles. The van der Waals surface area contributed by atoms with Crippen LogP contribution in [0.3, 0.4) is 0 Å². The van der Waals surface area contributed by atoms with Gasteiger partial charge in [0.25, 0.3) is 5.91 Å². The largest absolute Gasteiger partial charge is 0.395 e. The molecule has 1 amide bonds. The zero-order valence-corrected chi connectivity index (χ0v) is 17.4. The fourth-order valence-corrected chi connectivity index (χ4v) is 3.86.